The maximum Gasteiger partial charge on any atom is 0.174 e. The summed E-state index contributed by atoms with van der Waals surface area (Å²) in [5, 5.41) is 14.1. The minimum Gasteiger partial charge on any atom is -0.493 e. The summed E-state index contributed by atoms with van der Waals surface area (Å²) in [6.45, 7) is -0.212. The minimum atomic E-state index is -0.212. The number of rotatable bonds is 5. The Labute approximate surface area is 147 Å². The summed E-state index contributed by atoms with van der Waals surface area (Å²) in [7, 11) is 3.14. The summed E-state index contributed by atoms with van der Waals surface area (Å²) in [6, 6.07) is 13.1. The number of halogens is 1. The highest BCUT2D eigenvalue weighted by Crippen LogP contribution is 2.42. The molecular formula is C18H16BrNO4. The molecule has 0 unspecified atom stereocenters. The molecule has 0 fully saturated rings. The molecule has 0 amide bonds. The van der Waals surface area contributed by atoms with Crippen LogP contribution >= 0.6 is 15.9 Å². The molecule has 0 saturated carbocycles. The van der Waals surface area contributed by atoms with Gasteiger partial charge in [0.05, 0.1) is 32.0 Å². The van der Waals surface area contributed by atoms with E-state index in [1.807, 2.05) is 36.4 Å². The maximum atomic E-state index is 9.90. The number of aromatic nitrogens is 1. The van der Waals surface area contributed by atoms with Crippen molar-refractivity contribution in [2.24, 2.45) is 0 Å². The first-order valence-corrected chi connectivity index (χ1v) is 8.06. The number of para-hydroxylation sites is 1. The van der Waals surface area contributed by atoms with Crippen molar-refractivity contribution in [2.75, 3.05) is 14.2 Å². The van der Waals surface area contributed by atoms with Crippen molar-refractivity contribution in [3.05, 3.63) is 52.5 Å². The van der Waals surface area contributed by atoms with Gasteiger partial charge in [-0.15, -0.1) is 0 Å². The van der Waals surface area contributed by atoms with Crippen LogP contribution in [0.4, 0.5) is 0 Å². The zero-order valence-electron chi connectivity index (χ0n) is 13.2. The lowest BCUT2D eigenvalue weighted by Crippen LogP contribution is -1.95. The molecule has 0 radical (unpaired) electrons. The molecule has 0 aliphatic carbocycles. The van der Waals surface area contributed by atoms with E-state index in [1.54, 1.807) is 20.3 Å². The van der Waals surface area contributed by atoms with E-state index in [2.05, 4.69) is 21.1 Å². The maximum absolute atomic E-state index is 9.90. The Hall–Kier alpha value is -2.31. The third-order valence-corrected chi connectivity index (χ3v) is 4.41. The molecule has 1 aromatic heterocycles. The lowest BCUT2D eigenvalue weighted by atomic mass is 10.0. The van der Waals surface area contributed by atoms with Crippen LogP contribution in [0, 0.1) is 0 Å². The molecule has 0 spiro atoms. The topological polar surface area (TPSA) is 64.7 Å². The van der Waals surface area contributed by atoms with Gasteiger partial charge in [-0.25, -0.2) is 0 Å². The Kier molecular flexibility index (Phi) is 4.87. The van der Waals surface area contributed by atoms with Crippen LogP contribution in [-0.4, -0.2) is 24.5 Å². The van der Waals surface area contributed by atoms with Gasteiger partial charge in [0.2, 0.25) is 0 Å². The third kappa shape index (κ3) is 2.79. The number of aliphatic hydroxyl groups is 1. The largest absolute Gasteiger partial charge is 0.493 e. The Morgan fingerprint density at radius 3 is 2.46 bits per heavy atom. The highest BCUT2D eigenvalue weighted by Gasteiger charge is 2.23. The van der Waals surface area contributed by atoms with Crippen LogP contribution in [0.25, 0.3) is 22.6 Å². The molecule has 0 saturated heterocycles. The van der Waals surface area contributed by atoms with E-state index in [4.69, 9.17) is 14.0 Å². The van der Waals surface area contributed by atoms with Gasteiger partial charge in [-0.1, -0.05) is 39.3 Å². The van der Waals surface area contributed by atoms with E-state index >= 15 is 0 Å². The smallest absolute Gasteiger partial charge is 0.174 e. The molecule has 3 rings (SSSR count). The average molecular weight is 390 g/mol. The SMILES string of the molecule is COc1cccc(-c2noc(-c3ccccc3Br)c2CO)c1OC. The highest BCUT2D eigenvalue weighted by atomic mass is 79.9. The highest BCUT2D eigenvalue weighted by molar-refractivity contribution is 9.10. The number of ether oxygens (including phenoxy) is 2. The van der Waals surface area contributed by atoms with Crippen LogP contribution in [0.5, 0.6) is 11.5 Å². The van der Waals surface area contributed by atoms with Crippen molar-refractivity contribution in [3.63, 3.8) is 0 Å². The van der Waals surface area contributed by atoms with Crippen LogP contribution in [0.1, 0.15) is 5.56 Å². The molecule has 5 nitrogen and oxygen atoms in total. The van der Waals surface area contributed by atoms with Gasteiger partial charge in [-0.05, 0) is 24.3 Å². The van der Waals surface area contributed by atoms with Crippen molar-refractivity contribution in [1.82, 2.24) is 5.16 Å². The summed E-state index contributed by atoms with van der Waals surface area (Å²) < 4.78 is 17.2. The minimum absolute atomic E-state index is 0.212. The average Bonchev–Trinajstić information content (AvgIpc) is 3.04. The number of benzene rings is 2. The first kappa shape index (κ1) is 16.5. The molecule has 24 heavy (non-hydrogen) atoms. The van der Waals surface area contributed by atoms with Gasteiger partial charge >= 0.3 is 0 Å². The predicted molar refractivity (Wildman–Crippen MR) is 94.1 cm³/mol. The van der Waals surface area contributed by atoms with E-state index in [0.717, 1.165) is 10.0 Å². The van der Waals surface area contributed by atoms with Gasteiger partial charge in [0.25, 0.3) is 0 Å². The van der Waals surface area contributed by atoms with Crippen LogP contribution in [0.3, 0.4) is 0 Å². The third-order valence-electron chi connectivity index (χ3n) is 3.72. The second-order valence-corrected chi connectivity index (χ2v) is 5.87. The number of hydrogen-bond acceptors (Lipinski definition) is 5. The molecule has 3 aromatic rings. The molecule has 1 N–H and O–H groups in total. The first-order valence-electron chi connectivity index (χ1n) is 7.27. The lowest BCUT2D eigenvalue weighted by Gasteiger charge is -2.11. The lowest BCUT2D eigenvalue weighted by molar-refractivity contribution is 0.281. The van der Waals surface area contributed by atoms with Gasteiger partial charge < -0.3 is 19.1 Å². The Morgan fingerprint density at radius 1 is 1.04 bits per heavy atom. The zero-order chi connectivity index (χ0) is 17.1. The number of aliphatic hydroxyl groups excluding tert-OH is 1. The second-order valence-electron chi connectivity index (χ2n) is 5.02. The normalized spacial score (nSPS) is 10.7. The van der Waals surface area contributed by atoms with Gasteiger partial charge in [-0.3, -0.25) is 0 Å². The van der Waals surface area contributed by atoms with Crippen LogP contribution < -0.4 is 9.47 Å². The van der Waals surface area contributed by atoms with Crippen molar-refractivity contribution in [3.8, 4) is 34.1 Å². The molecular weight excluding hydrogens is 374 g/mol. The van der Waals surface area contributed by atoms with Gasteiger partial charge in [0.1, 0.15) is 5.69 Å². The van der Waals surface area contributed by atoms with Crippen molar-refractivity contribution < 1.29 is 19.1 Å². The second kappa shape index (κ2) is 7.07. The summed E-state index contributed by atoms with van der Waals surface area (Å²) in [5.74, 6) is 1.65. The van der Waals surface area contributed by atoms with E-state index in [0.29, 0.717) is 34.1 Å². The summed E-state index contributed by atoms with van der Waals surface area (Å²) in [4.78, 5) is 0. The first-order chi connectivity index (χ1) is 11.7. The molecule has 124 valence electrons. The van der Waals surface area contributed by atoms with E-state index < -0.39 is 0 Å². The fourth-order valence-corrected chi connectivity index (χ4v) is 3.06. The zero-order valence-corrected chi connectivity index (χ0v) is 14.8. The molecule has 6 heteroatoms. The van der Waals surface area contributed by atoms with E-state index in [9.17, 15) is 5.11 Å². The monoisotopic (exact) mass is 389 g/mol. The van der Waals surface area contributed by atoms with E-state index in [-0.39, 0.29) is 6.61 Å². The molecule has 1 heterocycles. The molecule has 2 aromatic carbocycles. The van der Waals surface area contributed by atoms with Crippen LogP contribution in [0.15, 0.2) is 51.5 Å². The standard InChI is InChI=1S/C18H16BrNO4/c1-22-15-9-5-7-12(18(15)23-2)16-13(10-21)17(24-20-16)11-6-3-4-8-14(11)19/h3-9,21H,10H2,1-2H3. The van der Waals surface area contributed by atoms with Crippen LogP contribution in [0.2, 0.25) is 0 Å². The van der Waals surface area contributed by atoms with Crippen LogP contribution in [-0.2, 0) is 6.61 Å². The molecule has 0 aliphatic heterocycles. The van der Waals surface area contributed by atoms with Crippen molar-refractivity contribution >= 4 is 15.9 Å². The van der Waals surface area contributed by atoms with Crippen molar-refractivity contribution in [2.45, 2.75) is 6.61 Å². The number of hydrogen-bond donors (Lipinski definition) is 1. The van der Waals surface area contributed by atoms with Gasteiger partial charge in [-0.2, -0.15) is 0 Å². The summed E-state index contributed by atoms with van der Waals surface area (Å²) >= 11 is 3.50. The Morgan fingerprint density at radius 2 is 1.79 bits per heavy atom. The van der Waals surface area contributed by atoms with Gasteiger partial charge in [0, 0.05) is 10.0 Å². The number of methoxy groups -OCH3 is 2. The molecule has 0 atom stereocenters. The Bertz CT molecular complexity index is 860. The fourth-order valence-electron chi connectivity index (χ4n) is 2.60. The quantitative estimate of drug-likeness (QED) is 0.705. The molecule has 0 bridgehead atoms. The van der Waals surface area contributed by atoms with Gasteiger partial charge in [0.15, 0.2) is 17.3 Å². The summed E-state index contributed by atoms with van der Waals surface area (Å²) in [5.41, 5.74) is 2.64. The molecule has 0 aliphatic rings. The predicted octanol–water partition coefficient (Wildman–Crippen LogP) is 4.28. The fraction of sp³-hybridized carbons (Fsp3) is 0.167. The number of nitrogens with zero attached hydrogens (tertiary/aromatic N) is 1. The van der Waals surface area contributed by atoms with Crippen molar-refractivity contribution in [1.29, 1.82) is 0 Å². The summed E-state index contributed by atoms with van der Waals surface area (Å²) in [6.07, 6.45) is 0. The Balaban J connectivity index is 2.20. The van der Waals surface area contributed by atoms with E-state index in [1.165, 1.54) is 0 Å².